The van der Waals surface area contributed by atoms with Crippen molar-refractivity contribution in [1.29, 1.82) is 0 Å². The molecule has 2 unspecified atom stereocenters. The van der Waals surface area contributed by atoms with Crippen LogP contribution in [0.3, 0.4) is 0 Å². The van der Waals surface area contributed by atoms with Crippen LogP contribution in [-0.4, -0.2) is 40.8 Å². The summed E-state index contributed by atoms with van der Waals surface area (Å²) in [5.74, 6) is -1.11. The van der Waals surface area contributed by atoms with E-state index >= 15 is 0 Å². The molecule has 5 nitrogen and oxygen atoms in total. The van der Waals surface area contributed by atoms with Crippen LogP contribution in [0.15, 0.2) is 25.3 Å². The third kappa shape index (κ3) is 6.10. The maximum Gasteiger partial charge on any atom is 0.330 e. The van der Waals surface area contributed by atoms with Gasteiger partial charge in [0.2, 0.25) is 0 Å². The molecule has 0 bridgehead atoms. The lowest BCUT2D eigenvalue weighted by atomic mass is 10.1. The first kappa shape index (κ1) is 14.5. The van der Waals surface area contributed by atoms with Crippen LogP contribution in [0.4, 0.5) is 0 Å². The number of esters is 1. The topological polar surface area (TPSA) is 83.8 Å². The first-order chi connectivity index (χ1) is 7.51. The average molecular weight is 228 g/mol. The first-order valence-electron chi connectivity index (χ1n) is 4.82. The summed E-state index contributed by atoms with van der Waals surface area (Å²) in [6.45, 7) is 6.24. The molecule has 0 saturated heterocycles. The third-order valence-electron chi connectivity index (χ3n) is 1.89. The van der Waals surface area contributed by atoms with Gasteiger partial charge in [0.05, 0.1) is 6.10 Å². The van der Waals surface area contributed by atoms with Gasteiger partial charge in [-0.2, -0.15) is 0 Å². The molecule has 0 spiro atoms. The molecular formula is C11H16O5. The molecule has 0 amide bonds. The molecule has 0 rings (SSSR count). The van der Waals surface area contributed by atoms with Gasteiger partial charge in [0.15, 0.2) is 5.78 Å². The highest BCUT2D eigenvalue weighted by Gasteiger charge is 2.14. The maximum atomic E-state index is 10.9. The van der Waals surface area contributed by atoms with Crippen molar-refractivity contribution in [2.24, 2.45) is 0 Å². The first-order valence-corrected chi connectivity index (χ1v) is 4.82. The molecule has 0 aromatic rings. The molecule has 0 saturated carbocycles. The van der Waals surface area contributed by atoms with E-state index in [1.54, 1.807) is 0 Å². The molecule has 0 radical (unpaired) electrons. The van der Waals surface area contributed by atoms with Crippen molar-refractivity contribution in [2.45, 2.75) is 25.0 Å². The summed E-state index contributed by atoms with van der Waals surface area (Å²) in [6, 6.07) is 0. The predicted molar refractivity (Wildman–Crippen MR) is 57.6 cm³/mol. The summed E-state index contributed by atoms with van der Waals surface area (Å²) >= 11 is 0. The summed E-state index contributed by atoms with van der Waals surface area (Å²) in [7, 11) is 0. The van der Waals surface area contributed by atoms with Crippen LogP contribution in [-0.2, 0) is 14.3 Å². The summed E-state index contributed by atoms with van der Waals surface area (Å²) in [5, 5.41) is 18.6. The number of ketones is 1. The SMILES string of the molecule is C=CC(=O)OCC(O)CCC(O)C(=O)C=C. The second-order valence-corrected chi connectivity index (χ2v) is 3.19. The summed E-state index contributed by atoms with van der Waals surface area (Å²) in [5.41, 5.74) is 0. The number of rotatable bonds is 8. The molecule has 0 aromatic carbocycles. The van der Waals surface area contributed by atoms with Gasteiger partial charge >= 0.3 is 5.97 Å². The fraction of sp³-hybridized carbons (Fsp3) is 0.455. The lowest BCUT2D eigenvalue weighted by molar-refractivity contribution is -0.141. The molecular weight excluding hydrogens is 212 g/mol. The molecule has 0 aliphatic carbocycles. The van der Waals surface area contributed by atoms with Crippen molar-refractivity contribution in [3.8, 4) is 0 Å². The highest BCUT2D eigenvalue weighted by molar-refractivity contribution is 5.92. The van der Waals surface area contributed by atoms with E-state index in [1.807, 2.05) is 0 Å². The van der Waals surface area contributed by atoms with Gasteiger partial charge < -0.3 is 14.9 Å². The predicted octanol–water partition coefficient (Wildman–Crippen LogP) is -0.0273. The standard InChI is InChI=1S/C11H16O5/c1-3-9(13)10(14)6-5-8(12)7-16-11(15)4-2/h3-4,8,10,12,14H,1-2,5-7H2. The molecule has 0 aromatic heterocycles. The van der Waals surface area contributed by atoms with Crippen molar-refractivity contribution in [2.75, 3.05) is 6.61 Å². The minimum absolute atomic E-state index is 0.0949. The lowest BCUT2D eigenvalue weighted by Crippen LogP contribution is -2.23. The number of hydrogen-bond acceptors (Lipinski definition) is 5. The number of aliphatic hydroxyl groups excluding tert-OH is 2. The van der Waals surface area contributed by atoms with E-state index in [2.05, 4.69) is 17.9 Å². The zero-order chi connectivity index (χ0) is 12.6. The molecule has 0 aliphatic rings. The largest absolute Gasteiger partial charge is 0.460 e. The van der Waals surface area contributed by atoms with E-state index in [4.69, 9.17) is 0 Å². The smallest absolute Gasteiger partial charge is 0.330 e. The second-order valence-electron chi connectivity index (χ2n) is 3.19. The number of hydrogen-bond donors (Lipinski definition) is 2. The lowest BCUT2D eigenvalue weighted by Gasteiger charge is -2.12. The average Bonchev–Trinajstić information content (AvgIpc) is 2.31. The Balaban J connectivity index is 3.76. The van der Waals surface area contributed by atoms with Gasteiger partial charge in [0.25, 0.3) is 0 Å². The Hall–Kier alpha value is -1.46. The minimum atomic E-state index is -1.16. The molecule has 90 valence electrons. The van der Waals surface area contributed by atoms with E-state index in [0.29, 0.717) is 0 Å². The molecule has 2 atom stereocenters. The van der Waals surface area contributed by atoms with Crippen LogP contribution >= 0.6 is 0 Å². The highest BCUT2D eigenvalue weighted by Crippen LogP contribution is 2.04. The number of carbonyl (C=O) groups excluding carboxylic acids is 2. The summed E-state index contributed by atoms with van der Waals surface area (Å²) < 4.78 is 4.58. The molecule has 2 N–H and O–H groups in total. The number of carbonyl (C=O) groups is 2. The van der Waals surface area contributed by atoms with Crippen LogP contribution < -0.4 is 0 Å². The Labute approximate surface area is 94.0 Å². The van der Waals surface area contributed by atoms with Gasteiger partial charge in [-0.3, -0.25) is 4.79 Å². The minimum Gasteiger partial charge on any atom is -0.460 e. The number of ether oxygens (including phenoxy) is 1. The Kier molecular flexibility index (Phi) is 7.07. The Morgan fingerprint density at radius 3 is 2.31 bits per heavy atom. The van der Waals surface area contributed by atoms with Crippen molar-refractivity contribution < 1.29 is 24.5 Å². The van der Waals surface area contributed by atoms with Crippen molar-refractivity contribution in [1.82, 2.24) is 0 Å². The van der Waals surface area contributed by atoms with Gasteiger partial charge in [-0.25, -0.2) is 4.79 Å². The van der Waals surface area contributed by atoms with Gasteiger partial charge in [-0.05, 0) is 18.9 Å². The van der Waals surface area contributed by atoms with Gasteiger partial charge in [-0.1, -0.05) is 13.2 Å². The van der Waals surface area contributed by atoms with Gasteiger partial charge in [0, 0.05) is 6.08 Å². The fourth-order valence-corrected chi connectivity index (χ4v) is 0.949. The van der Waals surface area contributed by atoms with E-state index in [1.165, 1.54) is 0 Å². The van der Waals surface area contributed by atoms with E-state index in [-0.39, 0.29) is 19.4 Å². The Morgan fingerprint density at radius 2 is 1.81 bits per heavy atom. The second kappa shape index (κ2) is 7.78. The molecule has 5 heteroatoms. The molecule has 0 fully saturated rings. The molecule has 0 heterocycles. The van der Waals surface area contributed by atoms with Crippen LogP contribution in [0.1, 0.15) is 12.8 Å². The Bertz CT molecular complexity index is 272. The van der Waals surface area contributed by atoms with Crippen molar-refractivity contribution >= 4 is 11.8 Å². The molecule has 16 heavy (non-hydrogen) atoms. The van der Waals surface area contributed by atoms with Gasteiger partial charge in [-0.15, -0.1) is 0 Å². The normalized spacial score (nSPS) is 13.6. The van der Waals surface area contributed by atoms with Crippen LogP contribution in [0.25, 0.3) is 0 Å². The molecule has 0 aliphatic heterocycles. The van der Waals surface area contributed by atoms with E-state index in [0.717, 1.165) is 12.2 Å². The third-order valence-corrected chi connectivity index (χ3v) is 1.89. The summed E-state index contributed by atoms with van der Waals surface area (Å²) in [4.78, 5) is 21.5. The zero-order valence-electron chi connectivity index (χ0n) is 8.96. The monoisotopic (exact) mass is 228 g/mol. The fourth-order valence-electron chi connectivity index (χ4n) is 0.949. The maximum absolute atomic E-state index is 10.9. The highest BCUT2D eigenvalue weighted by atomic mass is 16.5. The van der Waals surface area contributed by atoms with Crippen LogP contribution in [0, 0.1) is 0 Å². The van der Waals surface area contributed by atoms with Gasteiger partial charge in [0.1, 0.15) is 12.7 Å². The van der Waals surface area contributed by atoms with E-state index < -0.39 is 24.0 Å². The summed E-state index contributed by atoms with van der Waals surface area (Å²) in [6.07, 6.45) is 0.193. The Morgan fingerprint density at radius 1 is 1.19 bits per heavy atom. The van der Waals surface area contributed by atoms with Crippen molar-refractivity contribution in [3.05, 3.63) is 25.3 Å². The van der Waals surface area contributed by atoms with Crippen LogP contribution in [0.2, 0.25) is 0 Å². The van der Waals surface area contributed by atoms with Crippen LogP contribution in [0.5, 0.6) is 0 Å². The number of aliphatic hydroxyl groups is 2. The zero-order valence-corrected chi connectivity index (χ0v) is 8.96. The van der Waals surface area contributed by atoms with Crippen molar-refractivity contribution in [3.63, 3.8) is 0 Å². The van der Waals surface area contributed by atoms with E-state index in [9.17, 15) is 19.8 Å². The quantitative estimate of drug-likeness (QED) is 0.450.